The first-order valence-corrected chi connectivity index (χ1v) is 3.64. The second-order valence-electron chi connectivity index (χ2n) is 1.69. The Hall–Kier alpha value is 0.390. The Morgan fingerprint density at radius 3 is 2.62 bits per heavy atom. The number of hydrogen-bond acceptors (Lipinski definition) is 2. The van der Waals surface area contributed by atoms with Crippen LogP contribution in [0.2, 0.25) is 0 Å². The van der Waals surface area contributed by atoms with Crippen LogP contribution in [0.5, 0.6) is 0 Å². The van der Waals surface area contributed by atoms with Crippen LogP contribution in [0.15, 0.2) is 12.7 Å². The zero-order valence-electron chi connectivity index (χ0n) is 4.97. The van der Waals surface area contributed by atoms with E-state index in [1.807, 2.05) is 13.1 Å². The molecule has 3 heteroatoms. The van der Waals surface area contributed by atoms with Crippen molar-refractivity contribution in [1.82, 2.24) is 5.01 Å². The molecule has 0 amide bonds. The van der Waals surface area contributed by atoms with E-state index in [0.717, 1.165) is 6.54 Å². The summed E-state index contributed by atoms with van der Waals surface area (Å²) < 4.78 is 0.461. The van der Waals surface area contributed by atoms with Crippen molar-refractivity contribution < 1.29 is 0 Å². The van der Waals surface area contributed by atoms with Gasteiger partial charge < -0.3 is 0 Å². The van der Waals surface area contributed by atoms with Crippen molar-refractivity contribution in [2.45, 2.75) is 3.92 Å². The first-order chi connectivity index (χ1) is 3.66. The molecule has 0 aromatic carbocycles. The van der Waals surface area contributed by atoms with Crippen LogP contribution in [0.25, 0.3) is 0 Å². The van der Waals surface area contributed by atoms with Gasteiger partial charge >= 0.3 is 0 Å². The summed E-state index contributed by atoms with van der Waals surface area (Å²) in [4.78, 5) is 0. The van der Waals surface area contributed by atoms with Gasteiger partial charge in [0.25, 0.3) is 0 Å². The quantitative estimate of drug-likeness (QED) is 0.253. The van der Waals surface area contributed by atoms with Gasteiger partial charge in [0.05, 0.1) is 0 Å². The molecule has 8 heavy (non-hydrogen) atoms. The van der Waals surface area contributed by atoms with Crippen LogP contribution in [-0.4, -0.2) is 22.5 Å². The zero-order chi connectivity index (χ0) is 6.57. The molecule has 48 valence electrons. The molecule has 0 spiro atoms. The van der Waals surface area contributed by atoms with Crippen LogP contribution in [-0.2, 0) is 0 Å². The minimum Gasteiger partial charge on any atom is -0.269 e. The van der Waals surface area contributed by atoms with Crippen molar-refractivity contribution in [2.24, 2.45) is 5.84 Å². The summed E-state index contributed by atoms with van der Waals surface area (Å²) in [5.74, 6) is 5.35. The number of rotatable bonds is 3. The summed E-state index contributed by atoms with van der Waals surface area (Å²) in [6.45, 7) is 4.49. The van der Waals surface area contributed by atoms with Crippen molar-refractivity contribution in [2.75, 3.05) is 13.6 Å². The fraction of sp³-hybridized carbons (Fsp3) is 0.600. The molecule has 0 aliphatic rings. The number of halogens is 1. The van der Waals surface area contributed by atoms with Crippen LogP contribution >= 0.6 is 22.6 Å². The van der Waals surface area contributed by atoms with Gasteiger partial charge in [0.2, 0.25) is 0 Å². The molecule has 0 fully saturated rings. The van der Waals surface area contributed by atoms with Gasteiger partial charge in [0.15, 0.2) is 0 Å². The Morgan fingerprint density at radius 2 is 2.50 bits per heavy atom. The largest absolute Gasteiger partial charge is 0.269 e. The first kappa shape index (κ1) is 8.39. The van der Waals surface area contributed by atoms with E-state index in [0.29, 0.717) is 3.92 Å². The Bertz CT molecular complexity index is 72.8. The molecule has 1 unspecified atom stereocenters. The number of nitrogens with zero attached hydrogens (tertiary/aromatic N) is 1. The summed E-state index contributed by atoms with van der Waals surface area (Å²) in [5, 5.41) is 1.65. The van der Waals surface area contributed by atoms with Crippen LogP contribution in [0.1, 0.15) is 0 Å². The molecule has 0 heterocycles. The molecule has 1 atom stereocenters. The van der Waals surface area contributed by atoms with Gasteiger partial charge in [-0.25, -0.2) is 5.01 Å². The number of hydrogen-bond donors (Lipinski definition) is 1. The van der Waals surface area contributed by atoms with E-state index in [2.05, 4.69) is 29.2 Å². The lowest BCUT2D eigenvalue weighted by molar-refractivity contribution is 0.363. The van der Waals surface area contributed by atoms with Crippen molar-refractivity contribution in [3.05, 3.63) is 12.7 Å². The van der Waals surface area contributed by atoms with Crippen molar-refractivity contribution in [3.8, 4) is 0 Å². The number of nitrogens with two attached hydrogens (primary N) is 1. The second-order valence-corrected chi connectivity index (χ2v) is 3.29. The molecule has 0 aromatic heterocycles. The lowest BCUT2D eigenvalue weighted by atomic mass is 10.4. The topological polar surface area (TPSA) is 29.3 Å². The highest BCUT2D eigenvalue weighted by molar-refractivity contribution is 14.1. The standard InChI is InChI=1S/C5H11IN2/c1-3-5(6)4-8(2)7/h3,5H,1,4,7H2,2H3. The highest BCUT2D eigenvalue weighted by atomic mass is 127. The fourth-order valence-corrected chi connectivity index (χ4v) is 0.971. The lowest BCUT2D eigenvalue weighted by Gasteiger charge is -2.10. The third kappa shape index (κ3) is 4.55. The number of hydrazine groups is 1. The lowest BCUT2D eigenvalue weighted by Crippen LogP contribution is -2.31. The predicted molar refractivity (Wildman–Crippen MR) is 44.8 cm³/mol. The highest BCUT2D eigenvalue weighted by Crippen LogP contribution is 1.99. The fourth-order valence-electron chi connectivity index (χ4n) is 0.350. The average molecular weight is 226 g/mol. The maximum atomic E-state index is 5.35. The van der Waals surface area contributed by atoms with Crippen LogP contribution in [0.4, 0.5) is 0 Å². The van der Waals surface area contributed by atoms with Crippen LogP contribution in [0.3, 0.4) is 0 Å². The molecule has 0 saturated heterocycles. The van der Waals surface area contributed by atoms with Crippen molar-refractivity contribution >= 4 is 22.6 Å². The summed E-state index contributed by atoms with van der Waals surface area (Å²) in [7, 11) is 1.84. The van der Waals surface area contributed by atoms with Gasteiger partial charge in [-0.3, -0.25) is 5.84 Å². The van der Waals surface area contributed by atoms with Gasteiger partial charge in [-0.1, -0.05) is 28.7 Å². The normalized spacial score (nSPS) is 14.0. The minimum absolute atomic E-state index is 0.461. The van der Waals surface area contributed by atoms with Gasteiger partial charge in [0.1, 0.15) is 0 Å². The van der Waals surface area contributed by atoms with Crippen LogP contribution < -0.4 is 5.84 Å². The van der Waals surface area contributed by atoms with Gasteiger partial charge in [0, 0.05) is 17.5 Å². The molecule has 2 N–H and O–H groups in total. The molecule has 0 bridgehead atoms. The predicted octanol–water partition coefficient (Wildman–Crippen LogP) is 0.782. The first-order valence-electron chi connectivity index (χ1n) is 2.39. The van der Waals surface area contributed by atoms with Crippen molar-refractivity contribution in [1.29, 1.82) is 0 Å². The van der Waals surface area contributed by atoms with E-state index >= 15 is 0 Å². The van der Waals surface area contributed by atoms with E-state index in [-0.39, 0.29) is 0 Å². The molecular formula is C5H11IN2. The summed E-state index contributed by atoms with van der Waals surface area (Å²) in [5.41, 5.74) is 0. The molecule has 0 aliphatic carbocycles. The van der Waals surface area contributed by atoms with E-state index in [1.165, 1.54) is 0 Å². The summed E-state index contributed by atoms with van der Waals surface area (Å²) in [6, 6.07) is 0. The van der Waals surface area contributed by atoms with Gasteiger partial charge in [-0.2, -0.15) is 0 Å². The van der Waals surface area contributed by atoms with E-state index in [1.54, 1.807) is 5.01 Å². The Balaban J connectivity index is 3.23. The molecule has 0 rings (SSSR count). The summed E-state index contributed by atoms with van der Waals surface area (Å²) in [6.07, 6.45) is 1.88. The summed E-state index contributed by atoms with van der Waals surface area (Å²) >= 11 is 2.28. The molecule has 0 aromatic rings. The maximum absolute atomic E-state index is 5.35. The molecule has 0 saturated carbocycles. The SMILES string of the molecule is C=CC(I)CN(C)N. The maximum Gasteiger partial charge on any atom is 0.0428 e. The number of alkyl halides is 1. The molecule has 0 radical (unpaired) electrons. The average Bonchev–Trinajstić information content (AvgIpc) is 1.65. The highest BCUT2D eigenvalue weighted by Gasteiger charge is 1.97. The Labute approximate surface area is 63.8 Å². The third-order valence-corrected chi connectivity index (χ3v) is 1.62. The third-order valence-electron chi connectivity index (χ3n) is 0.718. The van der Waals surface area contributed by atoms with E-state index < -0.39 is 0 Å². The smallest absolute Gasteiger partial charge is 0.0428 e. The van der Waals surface area contributed by atoms with Gasteiger partial charge in [-0.05, 0) is 0 Å². The Morgan fingerprint density at radius 1 is 2.00 bits per heavy atom. The minimum atomic E-state index is 0.461. The monoisotopic (exact) mass is 226 g/mol. The molecular weight excluding hydrogens is 215 g/mol. The van der Waals surface area contributed by atoms with Crippen molar-refractivity contribution in [3.63, 3.8) is 0 Å². The van der Waals surface area contributed by atoms with E-state index in [4.69, 9.17) is 5.84 Å². The second kappa shape index (κ2) is 4.29. The zero-order valence-corrected chi connectivity index (χ0v) is 7.13. The molecule has 2 nitrogen and oxygen atoms in total. The van der Waals surface area contributed by atoms with E-state index in [9.17, 15) is 0 Å². The Kier molecular flexibility index (Phi) is 4.50. The van der Waals surface area contributed by atoms with Gasteiger partial charge in [-0.15, -0.1) is 6.58 Å². The molecule has 0 aliphatic heterocycles. The van der Waals surface area contributed by atoms with Crippen LogP contribution in [0, 0.1) is 0 Å².